The van der Waals surface area contributed by atoms with Gasteiger partial charge in [-0.05, 0) is 108 Å². The lowest BCUT2D eigenvalue weighted by molar-refractivity contribution is 0.0683. The van der Waals surface area contributed by atoms with Crippen LogP contribution in [0.5, 0.6) is 0 Å². The van der Waals surface area contributed by atoms with Crippen LogP contribution in [0.1, 0.15) is 31.8 Å². The summed E-state index contributed by atoms with van der Waals surface area (Å²) in [6.07, 6.45) is 2.07. The van der Waals surface area contributed by atoms with Gasteiger partial charge in [0.15, 0.2) is 0 Å². The minimum atomic E-state index is -1.87. The molecule has 0 fully saturated rings. The lowest BCUT2D eigenvalue weighted by atomic mass is 10.2. The van der Waals surface area contributed by atoms with E-state index in [9.17, 15) is 13.8 Å². The Morgan fingerprint density at radius 1 is 0.292 bits per heavy atom. The number of carboxylic acids is 2. The van der Waals surface area contributed by atoms with Crippen molar-refractivity contribution in [1.82, 2.24) is 0 Å². The van der Waals surface area contributed by atoms with Crippen LogP contribution in [0, 0.1) is 0 Å². The zero-order chi connectivity index (χ0) is 50.0. The van der Waals surface area contributed by atoms with Crippen molar-refractivity contribution < 1.29 is 24.0 Å². The fourth-order valence-corrected chi connectivity index (χ4v) is 18.8. The van der Waals surface area contributed by atoms with E-state index in [0.29, 0.717) is 0 Å². The maximum Gasteiger partial charge on any atom is 0.336 e. The molecule has 8 heteroatoms. The maximum atomic E-state index is 12.5. The Labute approximate surface area is 426 Å². The average Bonchev–Trinajstić information content (AvgIpc) is 3.46. The SMILES string of the molecule is O=C(O)c1ccccc1S(=O)c1ccccc1C(=O)O.c1ccc(C[P+](c2ccccc2)(c2ccccc2)c2ccccc2)cc1.c1ccc(C[P+](c2ccccc2)(c2ccccc2)c2ccccc2)cc1. The Morgan fingerprint density at radius 3 is 0.708 bits per heavy atom. The van der Waals surface area contributed by atoms with E-state index in [1.165, 1.54) is 79.4 Å². The van der Waals surface area contributed by atoms with Crippen LogP contribution < -0.4 is 31.8 Å². The summed E-state index contributed by atoms with van der Waals surface area (Å²) in [5, 5.41) is 26.8. The molecule has 0 bridgehead atoms. The predicted molar refractivity (Wildman–Crippen MR) is 302 cm³/mol. The van der Waals surface area contributed by atoms with Crippen molar-refractivity contribution >= 4 is 69.1 Å². The zero-order valence-electron chi connectivity index (χ0n) is 39.5. The number of aromatic carboxylic acids is 2. The van der Waals surface area contributed by atoms with Crippen LogP contribution in [-0.2, 0) is 23.1 Å². The Kier molecular flexibility index (Phi) is 17.4. The first-order valence-corrected chi connectivity index (χ1v) is 28.6. The van der Waals surface area contributed by atoms with Gasteiger partial charge in [-0.15, -0.1) is 0 Å². The number of hydrogen-bond acceptors (Lipinski definition) is 3. The minimum Gasteiger partial charge on any atom is -0.478 e. The fourth-order valence-electron chi connectivity index (χ4n) is 8.98. The molecule has 0 heterocycles. The summed E-state index contributed by atoms with van der Waals surface area (Å²) in [6.45, 7) is 0. The molecule has 10 aromatic carbocycles. The second-order valence-electron chi connectivity index (χ2n) is 16.8. The molecule has 0 radical (unpaired) electrons. The van der Waals surface area contributed by atoms with E-state index >= 15 is 0 Å². The average molecular weight is 997 g/mol. The minimum absolute atomic E-state index is 0.0775. The standard InChI is InChI=1S/2C25H22P.C14H10O5S/c2*1-5-13-22(14-6-1)21-26(23-15-7-2-8-16-23,24-17-9-3-10-18-24)25-19-11-4-12-20-25;15-13(16)9-5-1-3-7-11(9)20(19)12-8-4-2-6-10(12)14(17)18/h2*1-20H,21H2;1-8H,(H,15,16)(H,17,18)/q2*+1;. The van der Waals surface area contributed by atoms with Crippen molar-refractivity contribution in [3.63, 3.8) is 0 Å². The van der Waals surface area contributed by atoms with Crippen molar-refractivity contribution in [3.8, 4) is 0 Å². The van der Waals surface area contributed by atoms with Gasteiger partial charge in [-0.25, -0.2) is 13.8 Å². The van der Waals surface area contributed by atoms with Crippen LogP contribution in [0.2, 0.25) is 0 Å². The quantitative estimate of drug-likeness (QED) is 0.106. The first-order valence-electron chi connectivity index (χ1n) is 23.6. The molecule has 2 N–H and O–H groups in total. The molecule has 354 valence electrons. The highest BCUT2D eigenvalue weighted by Gasteiger charge is 2.46. The smallest absolute Gasteiger partial charge is 0.336 e. The summed E-state index contributed by atoms with van der Waals surface area (Å²) in [5.74, 6) is -2.41. The largest absolute Gasteiger partial charge is 0.478 e. The van der Waals surface area contributed by atoms with E-state index < -0.39 is 37.3 Å². The Hall–Kier alpha value is -7.85. The second-order valence-corrected chi connectivity index (χ2v) is 25.2. The highest BCUT2D eigenvalue weighted by atomic mass is 32.2. The molecule has 0 aliphatic rings. The highest BCUT2D eigenvalue weighted by Crippen LogP contribution is 2.59. The van der Waals surface area contributed by atoms with Gasteiger partial charge >= 0.3 is 11.9 Å². The van der Waals surface area contributed by atoms with E-state index in [2.05, 4.69) is 243 Å². The van der Waals surface area contributed by atoms with Gasteiger partial charge in [-0.3, -0.25) is 0 Å². The molecule has 10 rings (SSSR count). The normalized spacial score (nSPS) is 11.0. The monoisotopic (exact) mass is 996 g/mol. The van der Waals surface area contributed by atoms with Gasteiger partial charge in [0.25, 0.3) is 0 Å². The van der Waals surface area contributed by atoms with Crippen molar-refractivity contribution in [1.29, 1.82) is 0 Å². The van der Waals surface area contributed by atoms with E-state index in [-0.39, 0.29) is 20.9 Å². The van der Waals surface area contributed by atoms with E-state index in [4.69, 9.17) is 10.2 Å². The topological polar surface area (TPSA) is 91.7 Å². The molecule has 0 amide bonds. The number of carbonyl (C=O) groups is 2. The van der Waals surface area contributed by atoms with Gasteiger partial charge in [0.05, 0.1) is 44.0 Å². The predicted octanol–water partition coefficient (Wildman–Crippen LogP) is 12.6. The molecule has 10 aromatic rings. The van der Waals surface area contributed by atoms with Crippen LogP contribution in [0.3, 0.4) is 0 Å². The van der Waals surface area contributed by atoms with E-state index in [1.54, 1.807) is 12.1 Å². The van der Waals surface area contributed by atoms with Gasteiger partial charge in [0.2, 0.25) is 0 Å². The molecule has 0 aliphatic heterocycles. The molecule has 72 heavy (non-hydrogen) atoms. The summed E-state index contributed by atoms with van der Waals surface area (Å²) in [6, 6.07) is 99.7. The molecule has 0 saturated heterocycles. The van der Waals surface area contributed by atoms with Crippen LogP contribution in [0.15, 0.2) is 301 Å². The van der Waals surface area contributed by atoms with Gasteiger partial charge < -0.3 is 10.2 Å². The van der Waals surface area contributed by atoms with E-state index in [1.807, 2.05) is 0 Å². The molecular weight excluding hydrogens is 943 g/mol. The Bertz CT molecular complexity index is 2880. The molecule has 0 atom stereocenters. The zero-order valence-corrected chi connectivity index (χ0v) is 42.2. The number of rotatable bonds is 14. The van der Waals surface area contributed by atoms with Gasteiger partial charge in [0.1, 0.15) is 46.4 Å². The number of hydrogen-bond donors (Lipinski definition) is 2. The third-order valence-electron chi connectivity index (χ3n) is 12.3. The Balaban J connectivity index is 0.000000146. The summed E-state index contributed by atoms with van der Waals surface area (Å²) in [5.41, 5.74) is 2.56. The fraction of sp³-hybridized carbons (Fsp3) is 0.0312. The van der Waals surface area contributed by atoms with Gasteiger partial charge in [-0.2, -0.15) is 0 Å². The third-order valence-corrected chi connectivity index (χ3v) is 22.6. The third kappa shape index (κ3) is 11.8. The van der Waals surface area contributed by atoms with Crippen molar-refractivity contribution in [3.05, 3.63) is 313 Å². The molecule has 0 spiro atoms. The Morgan fingerprint density at radius 2 is 0.486 bits per heavy atom. The van der Waals surface area contributed by atoms with Crippen LogP contribution in [0.25, 0.3) is 0 Å². The van der Waals surface area contributed by atoms with Crippen LogP contribution in [-0.4, -0.2) is 26.4 Å². The lowest BCUT2D eigenvalue weighted by Gasteiger charge is -2.27. The summed E-state index contributed by atoms with van der Waals surface area (Å²) in [4.78, 5) is 22.4. The van der Waals surface area contributed by atoms with Crippen molar-refractivity contribution in [2.45, 2.75) is 22.1 Å². The van der Waals surface area contributed by atoms with Gasteiger partial charge in [-0.1, -0.05) is 194 Å². The summed E-state index contributed by atoms with van der Waals surface area (Å²) >= 11 is 0. The molecule has 5 nitrogen and oxygen atoms in total. The number of benzene rings is 10. The van der Waals surface area contributed by atoms with Gasteiger partial charge in [0, 0.05) is 0 Å². The van der Waals surface area contributed by atoms with Crippen LogP contribution >= 0.6 is 14.5 Å². The second kappa shape index (κ2) is 24.8. The van der Waals surface area contributed by atoms with Crippen LogP contribution in [0.4, 0.5) is 0 Å². The van der Waals surface area contributed by atoms with E-state index in [0.717, 1.165) is 12.3 Å². The molecule has 0 aromatic heterocycles. The molecule has 0 aliphatic carbocycles. The maximum absolute atomic E-state index is 12.5. The lowest BCUT2D eigenvalue weighted by Crippen LogP contribution is -2.32. The number of carboxylic acid groups (broad SMARTS) is 2. The highest BCUT2D eigenvalue weighted by molar-refractivity contribution is 7.95. The van der Waals surface area contributed by atoms with Crippen molar-refractivity contribution in [2.75, 3.05) is 0 Å². The summed E-state index contributed by atoms with van der Waals surface area (Å²) < 4.78 is 12.5. The first-order chi connectivity index (χ1) is 35.3. The molecule has 0 saturated carbocycles. The molecule has 0 unspecified atom stereocenters. The first kappa shape index (κ1) is 50.5. The summed E-state index contributed by atoms with van der Waals surface area (Å²) in [7, 11) is -5.42. The molecular formula is C64H54O5P2S+2. The van der Waals surface area contributed by atoms with Crippen molar-refractivity contribution in [2.24, 2.45) is 0 Å².